The van der Waals surface area contributed by atoms with Gasteiger partial charge < -0.3 is 4.74 Å². The van der Waals surface area contributed by atoms with Gasteiger partial charge in [0.2, 0.25) is 0 Å². The molecule has 1 aromatic rings. The van der Waals surface area contributed by atoms with Crippen molar-refractivity contribution in [2.24, 2.45) is 0 Å². The number of ether oxygens (including phenoxy) is 1. The van der Waals surface area contributed by atoms with Crippen LogP contribution in [-0.4, -0.2) is 18.6 Å². The molecule has 94 valence electrons. The minimum atomic E-state index is -4.31. The summed E-state index contributed by atoms with van der Waals surface area (Å²) in [5.74, 6) is -0.236. The maximum Gasteiger partial charge on any atom is 0.389 e. The Morgan fingerprint density at radius 2 is 2.06 bits per heavy atom. The minimum Gasteiger partial charge on any atom is -0.486 e. The van der Waals surface area contributed by atoms with Crippen molar-refractivity contribution in [1.82, 2.24) is 0 Å². The van der Waals surface area contributed by atoms with Crippen molar-refractivity contribution in [3.63, 3.8) is 0 Å². The second-order valence-electron chi connectivity index (χ2n) is 3.40. The molecule has 0 heterocycles. The minimum absolute atomic E-state index is 0.359. The van der Waals surface area contributed by atoms with Crippen LogP contribution in [0.2, 0.25) is 5.02 Å². The molecular weight excluding hydrogens is 257 g/mol. The van der Waals surface area contributed by atoms with Crippen molar-refractivity contribution in [2.45, 2.75) is 19.0 Å². The number of carbonyl (C=O) groups is 1. The summed E-state index contributed by atoms with van der Waals surface area (Å²) in [4.78, 5) is 11.1. The Bertz CT molecular complexity index is 391. The van der Waals surface area contributed by atoms with E-state index in [2.05, 4.69) is 0 Å². The van der Waals surface area contributed by atoms with Crippen LogP contribution in [0.15, 0.2) is 24.3 Å². The van der Waals surface area contributed by atoms with E-state index in [4.69, 9.17) is 16.3 Å². The summed E-state index contributed by atoms with van der Waals surface area (Å²) in [6, 6.07) is 6.30. The summed E-state index contributed by atoms with van der Waals surface area (Å²) in [7, 11) is 0. The largest absolute Gasteiger partial charge is 0.486 e. The molecule has 0 fully saturated rings. The van der Waals surface area contributed by atoms with Gasteiger partial charge in [-0.2, -0.15) is 13.2 Å². The van der Waals surface area contributed by atoms with Crippen LogP contribution >= 0.6 is 11.6 Å². The Balaban J connectivity index is 2.33. The molecule has 0 atom stereocenters. The summed E-state index contributed by atoms with van der Waals surface area (Å²) >= 11 is 5.67. The third-order valence-electron chi connectivity index (χ3n) is 1.88. The molecule has 0 aliphatic carbocycles. The topological polar surface area (TPSA) is 26.3 Å². The van der Waals surface area contributed by atoms with E-state index in [-0.39, 0.29) is 6.61 Å². The molecule has 0 aromatic heterocycles. The summed E-state index contributed by atoms with van der Waals surface area (Å²) in [5.41, 5.74) is 0. The first-order valence-electron chi connectivity index (χ1n) is 4.83. The third kappa shape index (κ3) is 6.16. The van der Waals surface area contributed by atoms with Gasteiger partial charge in [-0.1, -0.05) is 17.7 Å². The van der Waals surface area contributed by atoms with Crippen molar-refractivity contribution >= 4 is 17.4 Å². The highest BCUT2D eigenvalue weighted by Gasteiger charge is 2.27. The Kier molecular flexibility index (Phi) is 4.81. The zero-order chi connectivity index (χ0) is 12.9. The first-order valence-corrected chi connectivity index (χ1v) is 5.21. The number of carbonyl (C=O) groups excluding carboxylic acids is 1. The number of halogens is 4. The lowest BCUT2D eigenvalue weighted by atomic mass is 10.2. The molecule has 0 radical (unpaired) electrons. The van der Waals surface area contributed by atoms with Gasteiger partial charge in [-0.25, -0.2) is 0 Å². The predicted molar refractivity (Wildman–Crippen MR) is 57.2 cm³/mol. The van der Waals surface area contributed by atoms with Crippen LogP contribution < -0.4 is 4.74 Å². The average Bonchev–Trinajstić information content (AvgIpc) is 2.23. The van der Waals surface area contributed by atoms with Crippen LogP contribution in [0.1, 0.15) is 12.8 Å². The molecule has 0 amide bonds. The maximum absolute atomic E-state index is 11.8. The fraction of sp³-hybridized carbons (Fsp3) is 0.364. The van der Waals surface area contributed by atoms with Crippen LogP contribution in [0, 0.1) is 0 Å². The zero-order valence-electron chi connectivity index (χ0n) is 8.76. The van der Waals surface area contributed by atoms with E-state index >= 15 is 0 Å². The number of hydrogen-bond acceptors (Lipinski definition) is 2. The molecule has 1 rings (SSSR count). The highest BCUT2D eigenvalue weighted by molar-refractivity contribution is 6.30. The van der Waals surface area contributed by atoms with Gasteiger partial charge in [0.05, 0.1) is 6.42 Å². The first kappa shape index (κ1) is 13.8. The van der Waals surface area contributed by atoms with Crippen molar-refractivity contribution < 1.29 is 22.7 Å². The molecule has 0 aliphatic heterocycles. The summed E-state index contributed by atoms with van der Waals surface area (Å²) in [6.45, 7) is -0.379. The quantitative estimate of drug-likeness (QED) is 0.813. The molecular formula is C11H10ClF3O2. The number of hydrogen-bond donors (Lipinski definition) is 0. The Hall–Kier alpha value is -1.23. The molecule has 2 nitrogen and oxygen atoms in total. The highest BCUT2D eigenvalue weighted by Crippen LogP contribution is 2.21. The van der Waals surface area contributed by atoms with E-state index in [1.54, 1.807) is 18.2 Å². The lowest BCUT2D eigenvalue weighted by Gasteiger charge is -2.07. The fourth-order valence-corrected chi connectivity index (χ4v) is 1.25. The Morgan fingerprint density at radius 3 is 2.65 bits per heavy atom. The second-order valence-corrected chi connectivity index (χ2v) is 3.84. The van der Waals surface area contributed by atoms with Crippen LogP contribution in [0.4, 0.5) is 13.2 Å². The summed E-state index contributed by atoms with van der Waals surface area (Å²) < 4.78 is 40.5. The molecule has 17 heavy (non-hydrogen) atoms. The van der Waals surface area contributed by atoms with Crippen molar-refractivity contribution in [2.75, 3.05) is 6.61 Å². The summed E-state index contributed by atoms with van der Waals surface area (Å²) in [6.07, 6.45) is -6.00. The number of rotatable bonds is 5. The first-order chi connectivity index (χ1) is 7.87. The standard InChI is InChI=1S/C11H10ClF3O2/c12-8-2-1-3-10(6-8)17-7-9(16)4-5-11(13,14)15/h1-3,6H,4-5,7H2. The molecule has 0 saturated carbocycles. The van der Waals surface area contributed by atoms with E-state index < -0.39 is 24.8 Å². The van der Waals surface area contributed by atoms with Crippen LogP contribution in [0.3, 0.4) is 0 Å². The van der Waals surface area contributed by atoms with Crippen molar-refractivity contribution in [3.05, 3.63) is 29.3 Å². The predicted octanol–water partition coefficient (Wildman–Crippen LogP) is 3.63. The molecule has 0 saturated heterocycles. The maximum atomic E-state index is 11.8. The van der Waals surface area contributed by atoms with E-state index in [9.17, 15) is 18.0 Å². The molecule has 0 aliphatic rings. The van der Waals surface area contributed by atoms with Crippen LogP contribution in [-0.2, 0) is 4.79 Å². The number of ketones is 1. The van der Waals surface area contributed by atoms with Gasteiger partial charge in [0.1, 0.15) is 12.4 Å². The van der Waals surface area contributed by atoms with Crippen LogP contribution in [0.5, 0.6) is 5.75 Å². The molecule has 0 spiro atoms. The molecule has 6 heteroatoms. The molecule has 1 aromatic carbocycles. The van der Waals surface area contributed by atoms with Crippen molar-refractivity contribution in [3.8, 4) is 5.75 Å². The zero-order valence-corrected chi connectivity index (χ0v) is 9.52. The Morgan fingerprint density at radius 1 is 1.35 bits per heavy atom. The molecule has 0 bridgehead atoms. The van der Waals surface area contributed by atoms with Gasteiger partial charge in [0, 0.05) is 11.4 Å². The lowest BCUT2D eigenvalue weighted by Crippen LogP contribution is -2.15. The van der Waals surface area contributed by atoms with Crippen LogP contribution in [0.25, 0.3) is 0 Å². The van der Waals surface area contributed by atoms with Crippen molar-refractivity contribution in [1.29, 1.82) is 0 Å². The second kappa shape index (κ2) is 5.91. The van der Waals surface area contributed by atoms with E-state index in [0.717, 1.165) is 0 Å². The third-order valence-corrected chi connectivity index (χ3v) is 2.12. The smallest absolute Gasteiger partial charge is 0.389 e. The van der Waals surface area contributed by atoms with Gasteiger partial charge in [-0.3, -0.25) is 4.79 Å². The normalized spacial score (nSPS) is 11.3. The van der Waals surface area contributed by atoms with Gasteiger partial charge in [-0.05, 0) is 18.2 Å². The average molecular weight is 267 g/mol. The monoisotopic (exact) mass is 266 g/mol. The highest BCUT2D eigenvalue weighted by atomic mass is 35.5. The Labute approximate surface area is 101 Å². The van der Waals surface area contributed by atoms with Gasteiger partial charge in [-0.15, -0.1) is 0 Å². The number of benzene rings is 1. The van der Waals surface area contributed by atoms with Gasteiger partial charge in [0.25, 0.3) is 0 Å². The van der Waals surface area contributed by atoms with E-state index in [0.29, 0.717) is 10.8 Å². The van der Waals surface area contributed by atoms with Gasteiger partial charge in [0.15, 0.2) is 5.78 Å². The number of Topliss-reactive ketones (excluding diaryl/α,β-unsaturated/α-hetero) is 1. The SMILES string of the molecule is O=C(CCC(F)(F)F)COc1cccc(Cl)c1. The summed E-state index contributed by atoms with van der Waals surface area (Å²) in [5, 5.41) is 0.435. The molecule has 0 N–H and O–H groups in total. The van der Waals surface area contributed by atoms with E-state index in [1.807, 2.05) is 0 Å². The fourth-order valence-electron chi connectivity index (χ4n) is 1.07. The molecule has 0 unspecified atom stereocenters. The number of alkyl halides is 3. The van der Waals surface area contributed by atoms with Gasteiger partial charge >= 0.3 is 6.18 Å². The van der Waals surface area contributed by atoms with E-state index in [1.165, 1.54) is 6.07 Å². The lowest BCUT2D eigenvalue weighted by molar-refractivity contribution is -0.143.